The maximum atomic E-state index is 13.0. The van der Waals surface area contributed by atoms with E-state index < -0.39 is 9.84 Å². The first kappa shape index (κ1) is 23.6. The molecule has 0 N–H and O–H groups in total. The molecular weight excluding hydrogens is 434 g/mol. The van der Waals surface area contributed by atoms with Crippen LogP contribution in [0.25, 0.3) is 0 Å². The lowest BCUT2D eigenvalue weighted by Gasteiger charge is -2.38. The Morgan fingerprint density at radius 2 is 1.67 bits per heavy atom. The van der Waals surface area contributed by atoms with E-state index in [4.69, 9.17) is 0 Å². The largest absolute Gasteiger partial charge is 0.293 e. The van der Waals surface area contributed by atoms with Gasteiger partial charge in [0.05, 0.1) is 10.9 Å². The van der Waals surface area contributed by atoms with Gasteiger partial charge in [0, 0.05) is 0 Å². The van der Waals surface area contributed by atoms with E-state index in [9.17, 15) is 8.42 Å². The minimum atomic E-state index is -3.55. The van der Waals surface area contributed by atoms with Crippen molar-refractivity contribution in [2.45, 2.75) is 56.8 Å². The van der Waals surface area contributed by atoms with E-state index >= 15 is 0 Å². The number of piperidine rings is 1. The number of tetrazole rings is 1. The summed E-state index contributed by atoms with van der Waals surface area (Å²) in [4.78, 5) is 2.71. The van der Waals surface area contributed by atoms with Gasteiger partial charge in [-0.3, -0.25) is 4.90 Å². The Balaban J connectivity index is 1.47. The zero-order valence-electron chi connectivity index (χ0n) is 19.6. The van der Waals surface area contributed by atoms with E-state index in [-0.39, 0.29) is 22.7 Å². The molecule has 3 aromatic rings. The Labute approximate surface area is 196 Å². The second kappa shape index (κ2) is 10.1. The lowest BCUT2D eigenvalue weighted by atomic mass is 9.88. The van der Waals surface area contributed by atoms with Crippen LogP contribution in [0.2, 0.25) is 0 Å². The molecule has 1 atom stereocenters. The number of rotatable bonds is 8. The maximum absolute atomic E-state index is 13.0. The van der Waals surface area contributed by atoms with Gasteiger partial charge in [0.1, 0.15) is 0 Å². The Kier molecular flexibility index (Phi) is 7.24. The van der Waals surface area contributed by atoms with Gasteiger partial charge in [0.15, 0.2) is 21.5 Å². The molecule has 1 aliphatic heterocycles. The zero-order chi connectivity index (χ0) is 23.4. The van der Waals surface area contributed by atoms with Crippen LogP contribution < -0.4 is 0 Å². The standard InChI is InChI=1S/C25H33N5O2S/c1-19(2)24(29-15-13-22(14-16-29)17-21-7-5-4-6-8-21)25-26-27-28-30(25)18-33(31,32)23-11-9-20(3)10-12-23/h4-12,19,22,24H,13-18H2,1-3H3. The van der Waals surface area contributed by atoms with Crippen LogP contribution in [0.1, 0.15) is 49.7 Å². The summed E-state index contributed by atoms with van der Waals surface area (Å²) in [7, 11) is -3.55. The molecule has 1 aliphatic rings. The average Bonchev–Trinajstić information content (AvgIpc) is 3.22. The molecule has 0 aliphatic carbocycles. The van der Waals surface area contributed by atoms with Gasteiger partial charge in [0.25, 0.3) is 0 Å². The minimum Gasteiger partial charge on any atom is -0.293 e. The first-order valence-corrected chi connectivity index (χ1v) is 13.3. The van der Waals surface area contributed by atoms with Gasteiger partial charge in [-0.15, -0.1) is 5.10 Å². The molecule has 1 aromatic heterocycles. The van der Waals surface area contributed by atoms with Crippen molar-refractivity contribution in [2.24, 2.45) is 11.8 Å². The van der Waals surface area contributed by atoms with Crippen LogP contribution in [0, 0.1) is 18.8 Å². The SMILES string of the molecule is Cc1ccc(S(=O)(=O)Cn2nnnc2C(C(C)C)N2CCC(Cc3ccccc3)CC2)cc1. The lowest BCUT2D eigenvalue weighted by molar-refractivity contribution is 0.0957. The molecule has 0 radical (unpaired) electrons. The molecule has 2 aromatic carbocycles. The quantitative estimate of drug-likeness (QED) is 0.497. The normalized spacial score (nSPS) is 16.8. The van der Waals surface area contributed by atoms with Crippen molar-refractivity contribution in [3.8, 4) is 0 Å². The zero-order valence-corrected chi connectivity index (χ0v) is 20.4. The van der Waals surface area contributed by atoms with E-state index in [1.807, 2.05) is 19.1 Å². The van der Waals surface area contributed by atoms with Crippen LogP contribution in [0.4, 0.5) is 0 Å². The summed E-state index contributed by atoms with van der Waals surface area (Å²) in [5.74, 6) is 1.28. The number of nitrogens with zero attached hydrogens (tertiary/aromatic N) is 5. The Morgan fingerprint density at radius 1 is 1.00 bits per heavy atom. The third kappa shape index (κ3) is 5.68. The van der Waals surface area contributed by atoms with Crippen molar-refractivity contribution in [3.05, 3.63) is 71.5 Å². The van der Waals surface area contributed by atoms with Crippen molar-refractivity contribution in [3.63, 3.8) is 0 Å². The number of sulfone groups is 1. The summed E-state index contributed by atoms with van der Waals surface area (Å²) in [5, 5.41) is 12.2. The second-order valence-corrected chi connectivity index (χ2v) is 11.4. The molecule has 1 saturated heterocycles. The van der Waals surface area contributed by atoms with Crippen LogP contribution in [0.5, 0.6) is 0 Å². The number of aromatic nitrogens is 4. The van der Waals surface area contributed by atoms with Gasteiger partial charge in [0.2, 0.25) is 0 Å². The highest BCUT2D eigenvalue weighted by atomic mass is 32.2. The minimum absolute atomic E-state index is 0.0223. The fourth-order valence-electron chi connectivity index (χ4n) is 4.76. The molecule has 0 amide bonds. The highest BCUT2D eigenvalue weighted by Gasteiger charge is 2.33. The van der Waals surface area contributed by atoms with Crippen molar-refractivity contribution in [1.82, 2.24) is 25.1 Å². The van der Waals surface area contributed by atoms with Crippen molar-refractivity contribution in [1.29, 1.82) is 0 Å². The average molecular weight is 468 g/mol. The third-order valence-electron chi connectivity index (χ3n) is 6.54. The van der Waals surface area contributed by atoms with E-state index in [0.717, 1.165) is 37.9 Å². The Morgan fingerprint density at radius 3 is 2.30 bits per heavy atom. The highest BCUT2D eigenvalue weighted by Crippen LogP contribution is 2.32. The monoisotopic (exact) mass is 467 g/mol. The second-order valence-electron chi connectivity index (χ2n) is 9.45. The molecular formula is C25H33N5O2S. The van der Waals surface area contributed by atoms with Crippen LogP contribution in [0.3, 0.4) is 0 Å². The number of likely N-dealkylation sites (tertiary alicyclic amines) is 1. The van der Waals surface area contributed by atoms with Crippen LogP contribution in [-0.2, 0) is 22.1 Å². The van der Waals surface area contributed by atoms with Crippen molar-refractivity contribution < 1.29 is 8.42 Å². The molecule has 0 spiro atoms. The summed E-state index contributed by atoms with van der Waals surface area (Å²) in [6.07, 6.45) is 3.33. The number of benzene rings is 2. The van der Waals surface area contributed by atoms with Gasteiger partial charge in [-0.25, -0.2) is 13.1 Å². The Hall–Kier alpha value is -2.58. The topological polar surface area (TPSA) is 81.0 Å². The molecule has 1 fully saturated rings. The molecule has 8 heteroatoms. The van der Waals surface area contributed by atoms with Gasteiger partial charge in [-0.1, -0.05) is 61.9 Å². The molecule has 0 bridgehead atoms. The summed E-state index contributed by atoms with van der Waals surface area (Å²) in [6, 6.07) is 17.5. The van der Waals surface area contributed by atoms with E-state index in [2.05, 4.69) is 64.6 Å². The summed E-state index contributed by atoms with van der Waals surface area (Å²) in [5.41, 5.74) is 2.41. The highest BCUT2D eigenvalue weighted by molar-refractivity contribution is 7.90. The molecule has 2 heterocycles. The van der Waals surface area contributed by atoms with Gasteiger partial charge >= 0.3 is 0 Å². The Bertz CT molecular complexity index is 1140. The number of hydrogen-bond acceptors (Lipinski definition) is 6. The number of aryl methyl sites for hydroxylation is 1. The third-order valence-corrected chi connectivity index (χ3v) is 8.11. The molecule has 176 valence electrons. The summed E-state index contributed by atoms with van der Waals surface area (Å²) in [6.45, 7) is 8.14. The lowest BCUT2D eigenvalue weighted by Crippen LogP contribution is -2.40. The van der Waals surface area contributed by atoms with E-state index in [1.54, 1.807) is 12.1 Å². The van der Waals surface area contributed by atoms with E-state index in [1.165, 1.54) is 10.2 Å². The fourth-order valence-corrected chi connectivity index (χ4v) is 5.97. The van der Waals surface area contributed by atoms with Crippen LogP contribution >= 0.6 is 0 Å². The maximum Gasteiger partial charge on any atom is 0.198 e. The predicted octanol–water partition coefficient (Wildman–Crippen LogP) is 4.06. The smallest absolute Gasteiger partial charge is 0.198 e. The molecule has 1 unspecified atom stereocenters. The van der Waals surface area contributed by atoms with Crippen molar-refractivity contribution in [2.75, 3.05) is 13.1 Å². The van der Waals surface area contributed by atoms with Crippen LogP contribution in [-0.4, -0.2) is 46.6 Å². The van der Waals surface area contributed by atoms with Crippen molar-refractivity contribution >= 4 is 9.84 Å². The summed E-state index contributed by atoms with van der Waals surface area (Å²) >= 11 is 0. The predicted molar refractivity (Wildman–Crippen MR) is 128 cm³/mol. The van der Waals surface area contributed by atoms with Gasteiger partial charge in [-0.05, 0) is 79.2 Å². The molecule has 33 heavy (non-hydrogen) atoms. The molecule has 4 rings (SSSR count). The molecule has 7 nitrogen and oxygen atoms in total. The van der Waals surface area contributed by atoms with Crippen LogP contribution in [0.15, 0.2) is 59.5 Å². The fraction of sp³-hybridized carbons (Fsp3) is 0.480. The first-order valence-electron chi connectivity index (χ1n) is 11.7. The summed E-state index contributed by atoms with van der Waals surface area (Å²) < 4.78 is 27.5. The van der Waals surface area contributed by atoms with Gasteiger partial charge in [-0.2, -0.15) is 0 Å². The van der Waals surface area contributed by atoms with E-state index in [0.29, 0.717) is 11.7 Å². The van der Waals surface area contributed by atoms with Gasteiger partial charge < -0.3 is 0 Å². The molecule has 0 saturated carbocycles. The number of hydrogen-bond donors (Lipinski definition) is 0. The first-order chi connectivity index (χ1) is 15.8.